The normalized spacial score (nSPS) is 18.5. The van der Waals surface area contributed by atoms with Crippen LogP contribution in [0.4, 0.5) is 5.13 Å². The van der Waals surface area contributed by atoms with Gasteiger partial charge >= 0.3 is 5.91 Å². The van der Waals surface area contributed by atoms with E-state index in [0.717, 1.165) is 28.2 Å². The summed E-state index contributed by atoms with van der Waals surface area (Å²) in [6.07, 6.45) is 0.647. The number of carbonyl (C=O) groups excluding carboxylic acids is 3. The third kappa shape index (κ3) is 5.69. The van der Waals surface area contributed by atoms with Crippen LogP contribution in [0.5, 0.6) is 17.2 Å². The Hall–Kier alpha value is -4.96. The van der Waals surface area contributed by atoms with Gasteiger partial charge in [0.05, 0.1) is 28.8 Å². The zero-order valence-corrected chi connectivity index (χ0v) is 26.1. The molecule has 1 fully saturated rings. The first-order valence-corrected chi connectivity index (χ1v) is 15.5. The van der Waals surface area contributed by atoms with Gasteiger partial charge < -0.3 is 19.3 Å². The summed E-state index contributed by atoms with van der Waals surface area (Å²) in [6.45, 7) is 7.57. The topological polar surface area (TPSA) is 115 Å². The highest BCUT2D eigenvalue weighted by Gasteiger charge is 2.48. The molecule has 0 saturated carbocycles. The van der Waals surface area contributed by atoms with E-state index < -0.39 is 17.7 Å². The standard InChI is InChI=1S/C35H32N2O7S/c1-5-42-28-17-23(11-14-27(28)43-18-22-9-7-6-8-10-22)30-29(31(39)24-12-13-26-25(16-24)15-19(2)44-26)32(40)34(41)37(30)35-36-20(3)33(45-35)21(4)38/h6-14,16-17,19,30,39H,5,15,18H2,1-4H3/t19-,30-/m0/s1. The molecule has 10 heteroatoms. The van der Waals surface area contributed by atoms with Gasteiger partial charge in [-0.2, -0.15) is 0 Å². The molecule has 0 radical (unpaired) electrons. The fourth-order valence-electron chi connectivity index (χ4n) is 5.70. The summed E-state index contributed by atoms with van der Waals surface area (Å²) in [5.41, 5.74) is 3.13. The van der Waals surface area contributed by atoms with Crippen molar-refractivity contribution in [2.75, 3.05) is 11.5 Å². The van der Waals surface area contributed by atoms with Crippen molar-refractivity contribution in [3.05, 3.63) is 105 Å². The number of aryl methyl sites for hydroxylation is 1. The predicted molar refractivity (Wildman–Crippen MR) is 170 cm³/mol. The first kappa shape index (κ1) is 30.1. The third-order valence-electron chi connectivity index (χ3n) is 7.75. The second-order valence-electron chi connectivity index (χ2n) is 11.0. The highest BCUT2D eigenvalue weighted by Crippen LogP contribution is 2.46. The summed E-state index contributed by atoms with van der Waals surface area (Å²) in [6, 6.07) is 19.0. The van der Waals surface area contributed by atoms with E-state index >= 15 is 0 Å². The Kier molecular flexibility index (Phi) is 8.16. The van der Waals surface area contributed by atoms with Crippen molar-refractivity contribution in [2.45, 2.75) is 52.9 Å². The van der Waals surface area contributed by atoms with Crippen LogP contribution in [0.1, 0.15) is 64.4 Å². The maximum atomic E-state index is 13.8. The minimum atomic E-state index is -1.05. The molecule has 1 saturated heterocycles. The van der Waals surface area contributed by atoms with Gasteiger partial charge in [-0.1, -0.05) is 47.7 Å². The lowest BCUT2D eigenvalue weighted by Crippen LogP contribution is -2.29. The van der Waals surface area contributed by atoms with E-state index in [1.54, 1.807) is 43.3 Å². The molecule has 0 unspecified atom stereocenters. The van der Waals surface area contributed by atoms with Crippen LogP contribution in [-0.2, 0) is 22.6 Å². The van der Waals surface area contributed by atoms with Gasteiger partial charge in [0.1, 0.15) is 24.2 Å². The Morgan fingerprint density at radius 1 is 1.07 bits per heavy atom. The molecule has 1 amide bonds. The zero-order valence-electron chi connectivity index (χ0n) is 25.3. The number of carbonyl (C=O) groups is 3. The predicted octanol–water partition coefficient (Wildman–Crippen LogP) is 6.58. The van der Waals surface area contributed by atoms with E-state index in [2.05, 4.69) is 4.98 Å². The molecule has 2 atom stereocenters. The molecule has 0 bridgehead atoms. The number of thiazole rings is 1. The number of hydrogen-bond donors (Lipinski definition) is 1. The average molecular weight is 625 g/mol. The SMILES string of the molecule is CCOc1cc([C@H]2C(=C(O)c3ccc4c(c3)C[C@H](C)O4)C(=O)C(=O)N2c2nc(C)c(C(C)=O)s2)ccc1OCc1ccccc1. The quantitative estimate of drug-likeness (QED) is 0.0961. The molecule has 230 valence electrons. The van der Waals surface area contributed by atoms with Gasteiger partial charge in [-0.3, -0.25) is 19.3 Å². The van der Waals surface area contributed by atoms with Gasteiger partial charge in [-0.05, 0) is 67.8 Å². The molecule has 3 aromatic carbocycles. The molecule has 2 aliphatic heterocycles. The second kappa shape index (κ2) is 12.2. The van der Waals surface area contributed by atoms with Gasteiger partial charge in [-0.25, -0.2) is 4.98 Å². The van der Waals surface area contributed by atoms with Crippen LogP contribution >= 0.6 is 11.3 Å². The van der Waals surface area contributed by atoms with Crippen LogP contribution in [0.25, 0.3) is 5.76 Å². The number of ketones is 2. The number of fused-ring (bicyclic) bond motifs is 1. The maximum Gasteiger partial charge on any atom is 0.301 e. The van der Waals surface area contributed by atoms with Crippen molar-refractivity contribution in [3.8, 4) is 17.2 Å². The Balaban J connectivity index is 1.48. The van der Waals surface area contributed by atoms with E-state index in [1.807, 2.05) is 44.2 Å². The molecule has 0 aliphatic carbocycles. The molecule has 0 spiro atoms. The third-order valence-corrected chi connectivity index (χ3v) is 9.00. The summed E-state index contributed by atoms with van der Waals surface area (Å²) in [4.78, 5) is 45.9. The monoisotopic (exact) mass is 624 g/mol. The fraction of sp³-hybridized carbons (Fsp3) is 0.257. The van der Waals surface area contributed by atoms with Crippen LogP contribution in [0.15, 0.2) is 72.3 Å². The molecule has 4 aromatic rings. The Morgan fingerprint density at radius 2 is 1.84 bits per heavy atom. The number of rotatable bonds is 9. The Bertz CT molecular complexity index is 1850. The molecule has 9 nitrogen and oxygen atoms in total. The summed E-state index contributed by atoms with van der Waals surface area (Å²) in [7, 11) is 0. The number of aliphatic hydroxyl groups is 1. The average Bonchev–Trinajstić information content (AvgIpc) is 3.68. The van der Waals surface area contributed by atoms with Gasteiger partial charge in [0.15, 0.2) is 22.4 Å². The molecule has 1 aromatic heterocycles. The van der Waals surface area contributed by atoms with Crippen molar-refractivity contribution in [1.82, 2.24) is 4.98 Å². The first-order chi connectivity index (χ1) is 21.7. The van der Waals surface area contributed by atoms with Crippen molar-refractivity contribution >= 4 is 39.7 Å². The van der Waals surface area contributed by atoms with Crippen molar-refractivity contribution in [2.24, 2.45) is 0 Å². The summed E-state index contributed by atoms with van der Waals surface area (Å²) in [5.74, 6) is -0.604. The minimum absolute atomic E-state index is 0.00815. The largest absolute Gasteiger partial charge is 0.507 e. The van der Waals surface area contributed by atoms with Crippen molar-refractivity contribution < 1.29 is 33.7 Å². The molecule has 45 heavy (non-hydrogen) atoms. The highest BCUT2D eigenvalue weighted by atomic mass is 32.1. The first-order valence-electron chi connectivity index (χ1n) is 14.7. The highest BCUT2D eigenvalue weighted by molar-refractivity contribution is 7.18. The number of benzene rings is 3. The number of amides is 1. The van der Waals surface area contributed by atoms with Gasteiger partial charge in [0.25, 0.3) is 5.78 Å². The number of nitrogens with zero attached hydrogens (tertiary/aromatic N) is 2. The zero-order chi connectivity index (χ0) is 31.8. The summed E-state index contributed by atoms with van der Waals surface area (Å²) >= 11 is 1.03. The number of anilines is 1. The van der Waals surface area contributed by atoms with Crippen LogP contribution in [0.3, 0.4) is 0 Å². The van der Waals surface area contributed by atoms with Crippen LogP contribution < -0.4 is 19.1 Å². The fourth-order valence-corrected chi connectivity index (χ4v) is 6.69. The number of Topliss-reactive ketones (excluding diaryl/α,β-unsaturated/α-hetero) is 2. The smallest absolute Gasteiger partial charge is 0.301 e. The van der Waals surface area contributed by atoms with Crippen molar-refractivity contribution in [1.29, 1.82) is 0 Å². The molecular formula is C35H32N2O7S. The van der Waals surface area contributed by atoms with E-state index in [1.165, 1.54) is 11.8 Å². The van der Waals surface area contributed by atoms with E-state index in [9.17, 15) is 19.5 Å². The van der Waals surface area contributed by atoms with Gasteiger partial charge in [0, 0.05) is 18.9 Å². The van der Waals surface area contributed by atoms with Crippen molar-refractivity contribution in [3.63, 3.8) is 0 Å². The summed E-state index contributed by atoms with van der Waals surface area (Å²) < 4.78 is 17.9. The number of ether oxygens (including phenoxy) is 3. The van der Waals surface area contributed by atoms with E-state index in [0.29, 0.717) is 52.8 Å². The van der Waals surface area contributed by atoms with Crippen LogP contribution in [0.2, 0.25) is 0 Å². The van der Waals surface area contributed by atoms with Gasteiger partial charge in [-0.15, -0.1) is 0 Å². The summed E-state index contributed by atoms with van der Waals surface area (Å²) in [5, 5.41) is 11.9. The maximum absolute atomic E-state index is 13.8. The molecule has 6 rings (SSSR count). The molecule has 3 heterocycles. The number of aromatic nitrogens is 1. The lowest BCUT2D eigenvalue weighted by atomic mass is 9.94. The Morgan fingerprint density at radius 3 is 2.56 bits per heavy atom. The number of aliphatic hydroxyl groups excluding tert-OH is 1. The Labute approximate surface area is 264 Å². The van der Waals surface area contributed by atoms with E-state index in [-0.39, 0.29) is 28.4 Å². The second-order valence-corrected chi connectivity index (χ2v) is 12.0. The molecule has 1 N–H and O–H groups in total. The molecular weight excluding hydrogens is 592 g/mol. The van der Waals surface area contributed by atoms with E-state index in [4.69, 9.17) is 14.2 Å². The molecule has 2 aliphatic rings. The lowest BCUT2D eigenvalue weighted by Gasteiger charge is -2.24. The number of hydrogen-bond acceptors (Lipinski definition) is 9. The lowest BCUT2D eigenvalue weighted by molar-refractivity contribution is -0.132. The van der Waals surface area contributed by atoms with Gasteiger partial charge in [0.2, 0.25) is 0 Å². The van der Waals surface area contributed by atoms with Crippen LogP contribution in [-0.4, -0.2) is 40.3 Å². The van der Waals surface area contributed by atoms with Crippen LogP contribution in [0, 0.1) is 6.92 Å². The minimum Gasteiger partial charge on any atom is -0.507 e.